The largest absolute Gasteiger partial charge is 0.340 e. The summed E-state index contributed by atoms with van der Waals surface area (Å²) in [5.41, 5.74) is 4.62. The summed E-state index contributed by atoms with van der Waals surface area (Å²) in [6.07, 6.45) is 0. The molecular weight excluding hydrogens is 399 g/mol. The van der Waals surface area contributed by atoms with E-state index in [2.05, 4.69) is 27.7 Å². The predicted molar refractivity (Wildman–Crippen MR) is 115 cm³/mol. The molecular formula is C19H14ClFN6S. The molecule has 0 atom stereocenters. The van der Waals surface area contributed by atoms with Crippen molar-refractivity contribution in [1.82, 2.24) is 10.4 Å². The molecule has 0 aliphatic carbocycles. The Morgan fingerprint density at radius 1 is 1.18 bits per heavy atom. The number of thiophene rings is 1. The van der Waals surface area contributed by atoms with Gasteiger partial charge in [-0.3, -0.25) is 0 Å². The summed E-state index contributed by atoms with van der Waals surface area (Å²) >= 11 is 7.51. The van der Waals surface area contributed by atoms with E-state index in [0.29, 0.717) is 17.3 Å². The molecule has 0 aliphatic rings. The summed E-state index contributed by atoms with van der Waals surface area (Å²) in [5, 5.41) is 14.6. The summed E-state index contributed by atoms with van der Waals surface area (Å²) in [6, 6.07) is 12.2. The van der Waals surface area contributed by atoms with E-state index >= 15 is 0 Å². The van der Waals surface area contributed by atoms with Crippen molar-refractivity contribution in [3.8, 4) is 0 Å². The zero-order valence-electron chi connectivity index (χ0n) is 14.4. The lowest BCUT2D eigenvalue weighted by Gasteiger charge is -2.11. The Balaban J connectivity index is 1.87. The second-order valence-corrected chi connectivity index (χ2v) is 7.17. The highest BCUT2D eigenvalue weighted by atomic mass is 35.5. The van der Waals surface area contributed by atoms with Crippen LogP contribution in [0.1, 0.15) is 5.56 Å². The molecule has 2 aromatic carbocycles. The Kier molecular flexibility index (Phi) is 4.91. The fraction of sp³-hybridized carbons (Fsp3) is 0. The van der Waals surface area contributed by atoms with Crippen LogP contribution in [0.2, 0.25) is 5.02 Å². The van der Waals surface area contributed by atoms with Gasteiger partial charge in [-0.2, -0.15) is 5.10 Å². The molecule has 0 bridgehead atoms. The number of nitrogens with two attached hydrogens (primary N) is 1. The number of fused-ring (bicyclic) bond motifs is 3. The van der Waals surface area contributed by atoms with E-state index in [0.717, 1.165) is 26.6 Å². The van der Waals surface area contributed by atoms with Crippen LogP contribution in [0.4, 0.5) is 15.9 Å². The Bertz CT molecular complexity index is 1240. The summed E-state index contributed by atoms with van der Waals surface area (Å²) in [6.45, 7) is 3.35. The summed E-state index contributed by atoms with van der Waals surface area (Å²) < 4.78 is 14.5. The van der Waals surface area contributed by atoms with E-state index in [1.165, 1.54) is 12.1 Å². The van der Waals surface area contributed by atoms with Crippen LogP contribution >= 0.6 is 22.9 Å². The maximum absolute atomic E-state index is 13.5. The van der Waals surface area contributed by atoms with Crippen LogP contribution < -0.4 is 16.6 Å². The van der Waals surface area contributed by atoms with Gasteiger partial charge in [0.25, 0.3) is 0 Å². The van der Waals surface area contributed by atoms with Crippen molar-refractivity contribution in [3.63, 3.8) is 0 Å². The SMILES string of the molecule is C=N/N=C(\NN)c1ccc2c(c1)nc(Nc1ccc(F)c(Cl)c1)c1ccsc12. The van der Waals surface area contributed by atoms with Crippen molar-refractivity contribution < 1.29 is 4.39 Å². The van der Waals surface area contributed by atoms with Crippen molar-refractivity contribution in [1.29, 1.82) is 0 Å². The quantitative estimate of drug-likeness (QED) is 0.194. The molecule has 0 amide bonds. The van der Waals surface area contributed by atoms with Gasteiger partial charge in [0.1, 0.15) is 11.6 Å². The lowest BCUT2D eigenvalue weighted by Crippen LogP contribution is -2.30. The van der Waals surface area contributed by atoms with E-state index in [1.54, 1.807) is 17.4 Å². The van der Waals surface area contributed by atoms with Gasteiger partial charge in [-0.1, -0.05) is 23.7 Å². The number of pyridine rings is 1. The molecule has 0 fully saturated rings. The maximum Gasteiger partial charge on any atom is 0.169 e. The molecule has 4 aromatic rings. The van der Waals surface area contributed by atoms with Crippen LogP contribution in [0.15, 0.2) is 58.0 Å². The van der Waals surface area contributed by atoms with Gasteiger partial charge in [0.2, 0.25) is 0 Å². The highest BCUT2D eigenvalue weighted by Crippen LogP contribution is 2.35. The average molecular weight is 413 g/mol. The Morgan fingerprint density at radius 2 is 2.04 bits per heavy atom. The second-order valence-electron chi connectivity index (χ2n) is 5.84. The Morgan fingerprint density at radius 3 is 2.79 bits per heavy atom. The highest BCUT2D eigenvalue weighted by molar-refractivity contribution is 7.18. The van der Waals surface area contributed by atoms with Crippen LogP contribution in [0.25, 0.3) is 21.0 Å². The van der Waals surface area contributed by atoms with Crippen molar-refractivity contribution >= 4 is 68.0 Å². The highest BCUT2D eigenvalue weighted by Gasteiger charge is 2.13. The third-order valence-electron chi connectivity index (χ3n) is 4.16. The van der Waals surface area contributed by atoms with E-state index in [-0.39, 0.29) is 5.02 Å². The van der Waals surface area contributed by atoms with Crippen LogP contribution in [0, 0.1) is 5.82 Å². The topological polar surface area (TPSA) is 87.7 Å². The molecule has 0 radical (unpaired) electrons. The first kappa shape index (κ1) is 18.3. The standard InChI is InChI=1S/C19H14ClFN6S/c1-23-27-18(26-22)10-2-4-12-16(8-10)25-19(13-6-7-28-17(12)13)24-11-3-5-15(21)14(20)9-11/h2-9H,1,22H2,(H,24,25)(H,26,27). The summed E-state index contributed by atoms with van der Waals surface area (Å²) in [4.78, 5) is 4.75. The molecule has 4 rings (SSSR count). The van der Waals surface area contributed by atoms with Gasteiger partial charge in [-0.05, 0) is 35.7 Å². The number of hydrazine groups is 1. The minimum atomic E-state index is -0.471. The number of amidine groups is 1. The smallest absolute Gasteiger partial charge is 0.169 e. The number of nitrogens with zero attached hydrogens (tertiary/aromatic N) is 3. The van der Waals surface area contributed by atoms with Crippen LogP contribution in [0.5, 0.6) is 0 Å². The summed E-state index contributed by atoms with van der Waals surface area (Å²) in [7, 11) is 0. The minimum absolute atomic E-state index is 0.0430. The first-order valence-electron chi connectivity index (χ1n) is 8.14. The fourth-order valence-electron chi connectivity index (χ4n) is 2.89. The molecule has 9 heteroatoms. The van der Waals surface area contributed by atoms with Gasteiger partial charge in [0.15, 0.2) is 5.84 Å². The molecule has 0 unspecified atom stereocenters. The molecule has 0 spiro atoms. The molecule has 2 aromatic heterocycles. The van der Waals surface area contributed by atoms with Crippen LogP contribution in [-0.2, 0) is 0 Å². The molecule has 0 saturated heterocycles. The lowest BCUT2D eigenvalue weighted by atomic mass is 10.1. The fourth-order valence-corrected chi connectivity index (χ4v) is 4.01. The lowest BCUT2D eigenvalue weighted by molar-refractivity contribution is 0.628. The Labute approximate surface area is 168 Å². The number of hydrogen-bond donors (Lipinski definition) is 3. The molecule has 6 nitrogen and oxygen atoms in total. The molecule has 0 aliphatic heterocycles. The molecule has 4 N–H and O–H groups in total. The normalized spacial score (nSPS) is 11.8. The van der Waals surface area contributed by atoms with Crippen molar-refractivity contribution in [3.05, 3.63) is 64.2 Å². The van der Waals surface area contributed by atoms with E-state index in [4.69, 9.17) is 22.4 Å². The predicted octanol–water partition coefficient (Wildman–Crippen LogP) is 4.81. The van der Waals surface area contributed by atoms with Crippen molar-refractivity contribution in [2.45, 2.75) is 0 Å². The van der Waals surface area contributed by atoms with Gasteiger partial charge < -0.3 is 10.7 Å². The second kappa shape index (κ2) is 7.51. The number of aromatic nitrogens is 1. The molecule has 140 valence electrons. The number of halogens is 2. The number of rotatable bonds is 4. The van der Waals surface area contributed by atoms with Crippen molar-refractivity contribution in [2.75, 3.05) is 5.32 Å². The first-order valence-corrected chi connectivity index (χ1v) is 9.40. The minimum Gasteiger partial charge on any atom is -0.340 e. The van der Waals surface area contributed by atoms with Crippen LogP contribution in [0.3, 0.4) is 0 Å². The van der Waals surface area contributed by atoms with Gasteiger partial charge in [-0.15, -0.1) is 16.4 Å². The third-order valence-corrected chi connectivity index (χ3v) is 5.40. The van der Waals surface area contributed by atoms with Gasteiger partial charge in [0.05, 0.1) is 10.5 Å². The summed E-state index contributed by atoms with van der Waals surface area (Å²) in [5.74, 6) is 6.08. The van der Waals surface area contributed by atoms with Gasteiger partial charge in [-0.25, -0.2) is 15.2 Å². The van der Waals surface area contributed by atoms with Gasteiger partial charge >= 0.3 is 0 Å². The third kappa shape index (κ3) is 3.29. The molecule has 2 heterocycles. The van der Waals surface area contributed by atoms with Gasteiger partial charge in [0, 0.05) is 33.4 Å². The molecule has 28 heavy (non-hydrogen) atoms. The first-order chi connectivity index (χ1) is 13.6. The van der Waals surface area contributed by atoms with Crippen molar-refractivity contribution in [2.24, 2.45) is 16.0 Å². The number of benzene rings is 2. The zero-order valence-corrected chi connectivity index (χ0v) is 16.0. The van der Waals surface area contributed by atoms with E-state index in [1.807, 2.05) is 29.6 Å². The molecule has 0 saturated carbocycles. The van der Waals surface area contributed by atoms with Crippen LogP contribution in [-0.4, -0.2) is 17.5 Å². The maximum atomic E-state index is 13.5. The number of anilines is 2. The Hall–Kier alpha value is -3.07. The van der Waals surface area contributed by atoms with E-state index in [9.17, 15) is 4.39 Å². The average Bonchev–Trinajstić information content (AvgIpc) is 3.19. The number of hydrogen-bond acceptors (Lipinski definition) is 6. The number of nitrogens with one attached hydrogen (secondary N) is 2. The van der Waals surface area contributed by atoms with E-state index < -0.39 is 5.82 Å². The monoisotopic (exact) mass is 412 g/mol. The zero-order chi connectivity index (χ0) is 19.7.